The summed E-state index contributed by atoms with van der Waals surface area (Å²) in [7, 11) is 0. The van der Waals surface area contributed by atoms with Gasteiger partial charge in [0.15, 0.2) is 0 Å². The van der Waals surface area contributed by atoms with Crippen molar-refractivity contribution in [2.24, 2.45) is 5.92 Å². The Balaban J connectivity index is 2.00. The van der Waals surface area contributed by atoms with Crippen LogP contribution < -0.4 is 10.2 Å². The van der Waals surface area contributed by atoms with Crippen molar-refractivity contribution in [3.8, 4) is 0 Å². The van der Waals surface area contributed by atoms with Crippen molar-refractivity contribution in [3.05, 3.63) is 11.4 Å². The summed E-state index contributed by atoms with van der Waals surface area (Å²) < 4.78 is 0. The molecule has 1 saturated carbocycles. The molecule has 2 aromatic rings. The number of thiophene rings is 1. The average molecular weight is 276 g/mol. The van der Waals surface area contributed by atoms with E-state index in [2.05, 4.69) is 40.5 Å². The third-order valence-corrected chi connectivity index (χ3v) is 4.30. The first-order chi connectivity index (χ1) is 9.31. The Kier molecular flexibility index (Phi) is 3.55. The van der Waals surface area contributed by atoms with Crippen LogP contribution in [0.1, 0.15) is 26.7 Å². The molecule has 2 heterocycles. The van der Waals surface area contributed by atoms with Gasteiger partial charge in [0.05, 0.1) is 5.39 Å². The lowest BCUT2D eigenvalue weighted by molar-refractivity contribution is 0.734. The van der Waals surface area contributed by atoms with Gasteiger partial charge in [-0.15, -0.1) is 11.3 Å². The first-order valence-electron chi connectivity index (χ1n) is 7.05. The van der Waals surface area contributed by atoms with Gasteiger partial charge in [0.1, 0.15) is 10.6 Å². The summed E-state index contributed by atoms with van der Waals surface area (Å²) in [6.07, 6.45) is 2.74. The molecule has 1 N–H and O–H groups in total. The standard InChI is InChI=1S/C14H20N4S/c1-3-15-14-16-12(11-7-8-19-13(11)17-14)18(4-2)9-10-5-6-10/h7-8,10H,3-6,9H2,1-2H3,(H,15,16,17). The first kappa shape index (κ1) is 12.7. The highest BCUT2D eigenvalue weighted by atomic mass is 32.1. The van der Waals surface area contributed by atoms with E-state index in [1.807, 2.05) is 0 Å². The van der Waals surface area contributed by atoms with Gasteiger partial charge in [0.25, 0.3) is 0 Å². The molecule has 0 bridgehead atoms. The van der Waals surface area contributed by atoms with Crippen molar-refractivity contribution in [1.29, 1.82) is 0 Å². The van der Waals surface area contributed by atoms with Crippen LogP contribution in [-0.2, 0) is 0 Å². The molecule has 0 unspecified atom stereocenters. The van der Waals surface area contributed by atoms with Gasteiger partial charge in [-0.05, 0) is 44.1 Å². The van der Waals surface area contributed by atoms with Crippen molar-refractivity contribution in [1.82, 2.24) is 9.97 Å². The van der Waals surface area contributed by atoms with Crippen LogP contribution in [0.5, 0.6) is 0 Å². The molecule has 1 fully saturated rings. The molecule has 0 saturated heterocycles. The molecule has 0 aliphatic heterocycles. The lowest BCUT2D eigenvalue weighted by atomic mass is 10.3. The van der Waals surface area contributed by atoms with E-state index < -0.39 is 0 Å². The fraction of sp³-hybridized carbons (Fsp3) is 0.571. The zero-order valence-corrected chi connectivity index (χ0v) is 12.3. The second-order valence-corrected chi connectivity index (χ2v) is 5.92. The van der Waals surface area contributed by atoms with E-state index in [9.17, 15) is 0 Å². The van der Waals surface area contributed by atoms with Crippen molar-refractivity contribution in [2.45, 2.75) is 26.7 Å². The molecule has 0 aromatic carbocycles. The van der Waals surface area contributed by atoms with Gasteiger partial charge in [-0.3, -0.25) is 0 Å². The Bertz CT molecular complexity index is 562. The normalized spacial score (nSPS) is 14.8. The Morgan fingerprint density at radius 1 is 1.37 bits per heavy atom. The number of aromatic nitrogens is 2. The molecule has 1 aliphatic carbocycles. The minimum Gasteiger partial charge on any atom is -0.356 e. The average Bonchev–Trinajstić information content (AvgIpc) is 3.11. The van der Waals surface area contributed by atoms with Crippen molar-refractivity contribution >= 4 is 33.3 Å². The molecule has 0 amide bonds. The van der Waals surface area contributed by atoms with Crippen LogP contribution >= 0.6 is 11.3 Å². The molecule has 2 aromatic heterocycles. The summed E-state index contributed by atoms with van der Waals surface area (Å²) in [5, 5.41) is 6.53. The van der Waals surface area contributed by atoms with Gasteiger partial charge in [0, 0.05) is 19.6 Å². The molecule has 102 valence electrons. The third-order valence-electron chi connectivity index (χ3n) is 3.50. The van der Waals surface area contributed by atoms with Crippen LogP contribution in [0.4, 0.5) is 11.8 Å². The fourth-order valence-electron chi connectivity index (χ4n) is 2.30. The molecule has 1 aliphatic rings. The van der Waals surface area contributed by atoms with Crippen LogP contribution in [-0.4, -0.2) is 29.6 Å². The fourth-order valence-corrected chi connectivity index (χ4v) is 3.05. The summed E-state index contributed by atoms with van der Waals surface area (Å²) in [6, 6.07) is 2.14. The molecular weight excluding hydrogens is 256 g/mol. The van der Waals surface area contributed by atoms with Crippen LogP contribution in [0, 0.1) is 5.92 Å². The predicted molar refractivity (Wildman–Crippen MR) is 82.2 cm³/mol. The molecule has 19 heavy (non-hydrogen) atoms. The SMILES string of the molecule is CCNc1nc(N(CC)CC2CC2)c2ccsc2n1. The summed E-state index contributed by atoms with van der Waals surface area (Å²) in [5.74, 6) is 2.71. The largest absolute Gasteiger partial charge is 0.356 e. The molecular formula is C14H20N4S. The maximum atomic E-state index is 4.73. The quantitative estimate of drug-likeness (QED) is 0.878. The Morgan fingerprint density at radius 2 is 2.21 bits per heavy atom. The Hall–Kier alpha value is -1.36. The summed E-state index contributed by atoms with van der Waals surface area (Å²) in [4.78, 5) is 12.8. The number of nitrogens with zero attached hydrogens (tertiary/aromatic N) is 3. The highest BCUT2D eigenvalue weighted by Crippen LogP contribution is 2.34. The Morgan fingerprint density at radius 3 is 2.89 bits per heavy atom. The van der Waals surface area contributed by atoms with E-state index in [-0.39, 0.29) is 0 Å². The van der Waals surface area contributed by atoms with E-state index in [0.29, 0.717) is 0 Å². The molecule has 5 heteroatoms. The Labute approximate surface area is 117 Å². The second kappa shape index (κ2) is 5.33. The minimum absolute atomic E-state index is 0.752. The maximum absolute atomic E-state index is 4.73. The number of hydrogen-bond donors (Lipinski definition) is 1. The van der Waals surface area contributed by atoms with E-state index in [1.54, 1.807) is 11.3 Å². The zero-order chi connectivity index (χ0) is 13.2. The van der Waals surface area contributed by atoms with Crippen LogP contribution in [0.15, 0.2) is 11.4 Å². The van der Waals surface area contributed by atoms with Crippen molar-refractivity contribution < 1.29 is 0 Å². The van der Waals surface area contributed by atoms with Gasteiger partial charge >= 0.3 is 0 Å². The number of nitrogens with one attached hydrogen (secondary N) is 1. The zero-order valence-electron chi connectivity index (χ0n) is 11.5. The van der Waals surface area contributed by atoms with Crippen molar-refractivity contribution in [2.75, 3.05) is 29.9 Å². The van der Waals surface area contributed by atoms with E-state index in [0.717, 1.165) is 42.1 Å². The number of fused-ring (bicyclic) bond motifs is 1. The number of hydrogen-bond acceptors (Lipinski definition) is 5. The van der Waals surface area contributed by atoms with Crippen LogP contribution in [0.2, 0.25) is 0 Å². The van der Waals surface area contributed by atoms with E-state index in [4.69, 9.17) is 4.98 Å². The van der Waals surface area contributed by atoms with Gasteiger partial charge < -0.3 is 10.2 Å². The molecule has 4 nitrogen and oxygen atoms in total. The van der Waals surface area contributed by atoms with Gasteiger partial charge in [0.2, 0.25) is 5.95 Å². The van der Waals surface area contributed by atoms with E-state index in [1.165, 1.54) is 18.2 Å². The highest BCUT2D eigenvalue weighted by molar-refractivity contribution is 7.16. The monoisotopic (exact) mass is 276 g/mol. The lowest BCUT2D eigenvalue weighted by Crippen LogP contribution is -2.26. The summed E-state index contributed by atoms with van der Waals surface area (Å²) in [5.41, 5.74) is 0. The summed E-state index contributed by atoms with van der Waals surface area (Å²) in [6.45, 7) is 7.26. The predicted octanol–water partition coefficient (Wildman–Crippen LogP) is 3.36. The number of anilines is 2. The van der Waals surface area contributed by atoms with Crippen LogP contribution in [0.25, 0.3) is 10.2 Å². The van der Waals surface area contributed by atoms with Gasteiger partial charge in [-0.25, -0.2) is 4.98 Å². The van der Waals surface area contributed by atoms with Crippen LogP contribution in [0.3, 0.4) is 0 Å². The molecule has 0 radical (unpaired) electrons. The maximum Gasteiger partial charge on any atom is 0.226 e. The van der Waals surface area contributed by atoms with E-state index >= 15 is 0 Å². The topological polar surface area (TPSA) is 41.1 Å². The van der Waals surface area contributed by atoms with Gasteiger partial charge in [-0.2, -0.15) is 4.98 Å². The second-order valence-electron chi connectivity index (χ2n) is 5.02. The van der Waals surface area contributed by atoms with Gasteiger partial charge in [-0.1, -0.05) is 0 Å². The smallest absolute Gasteiger partial charge is 0.226 e. The number of rotatable bonds is 6. The summed E-state index contributed by atoms with van der Waals surface area (Å²) >= 11 is 1.69. The lowest BCUT2D eigenvalue weighted by Gasteiger charge is -2.23. The molecule has 0 atom stereocenters. The molecule has 0 spiro atoms. The molecule has 3 rings (SSSR count). The highest BCUT2D eigenvalue weighted by Gasteiger charge is 2.25. The van der Waals surface area contributed by atoms with Crippen molar-refractivity contribution in [3.63, 3.8) is 0 Å². The third kappa shape index (κ3) is 2.66. The first-order valence-corrected chi connectivity index (χ1v) is 7.93. The minimum atomic E-state index is 0.752.